The molecule has 9 heteroatoms. The molecule has 2 aromatic rings. The Morgan fingerprint density at radius 1 is 1.15 bits per heavy atom. The number of rotatable bonds is 8. The van der Waals surface area contributed by atoms with Gasteiger partial charge in [-0.2, -0.15) is 5.10 Å². The van der Waals surface area contributed by atoms with Crippen LogP contribution in [0.5, 0.6) is 11.5 Å². The van der Waals surface area contributed by atoms with Crippen LogP contribution in [0.3, 0.4) is 0 Å². The first-order valence-electron chi connectivity index (χ1n) is 8.24. The fourth-order valence-electron chi connectivity index (χ4n) is 2.53. The second kappa shape index (κ2) is 7.46. The van der Waals surface area contributed by atoms with E-state index in [1.807, 2.05) is 0 Å². The Morgan fingerprint density at radius 3 is 2.38 bits per heavy atom. The zero-order valence-electron chi connectivity index (χ0n) is 14.6. The van der Waals surface area contributed by atoms with Crippen LogP contribution >= 0.6 is 0 Å². The van der Waals surface area contributed by atoms with E-state index >= 15 is 0 Å². The Balaban J connectivity index is 1.71. The highest BCUT2D eigenvalue weighted by molar-refractivity contribution is 7.89. The molecule has 0 atom stereocenters. The van der Waals surface area contributed by atoms with E-state index in [-0.39, 0.29) is 23.5 Å². The molecule has 1 aliphatic rings. The Kier molecular flexibility index (Phi) is 5.28. The molecule has 26 heavy (non-hydrogen) atoms. The zero-order chi connectivity index (χ0) is 18.7. The zero-order valence-corrected chi connectivity index (χ0v) is 15.5. The van der Waals surface area contributed by atoms with Gasteiger partial charge in [-0.3, -0.25) is 4.79 Å². The van der Waals surface area contributed by atoms with Crippen molar-refractivity contribution in [1.29, 1.82) is 0 Å². The third-order valence-electron chi connectivity index (χ3n) is 4.13. The lowest BCUT2D eigenvalue weighted by atomic mass is 10.3. The summed E-state index contributed by atoms with van der Waals surface area (Å²) in [5.74, 6) is 1.17. The van der Waals surface area contributed by atoms with Gasteiger partial charge in [-0.05, 0) is 18.9 Å². The Morgan fingerprint density at radius 2 is 1.81 bits per heavy atom. The monoisotopic (exact) mass is 379 g/mol. The first-order valence-corrected chi connectivity index (χ1v) is 9.72. The SMILES string of the molecule is COc1cc(OC)cc(S(=O)(=O)NCCn2nc(C3CC3)ccc2=O)c1. The summed E-state index contributed by atoms with van der Waals surface area (Å²) >= 11 is 0. The van der Waals surface area contributed by atoms with Gasteiger partial charge in [-0.1, -0.05) is 0 Å². The number of aromatic nitrogens is 2. The van der Waals surface area contributed by atoms with Crippen LogP contribution in [0.2, 0.25) is 0 Å². The summed E-state index contributed by atoms with van der Waals surface area (Å²) in [5.41, 5.74) is 0.627. The van der Waals surface area contributed by atoms with E-state index < -0.39 is 10.0 Å². The number of sulfonamides is 1. The van der Waals surface area contributed by atoms with E-state index in [4.69, 9.17) is 9.47 Å². The summed E-state index contributed by atoms with van der Waals surface area (Å²) in [5, 5.41) is 4.31. The van der Waals surface area contributed by atoms with Gasteiger partial charge < -0.3 is 9.47 Å². The van der Waals surface area contributed by atoms with Gasteiger partial charge in [0.15, 0.2) is 0 Å². The van der Waals surface area contributed by atoms with E-state index in [2.05, 4.69) is 9.82 Å². The highest BCUT2D eigenvalue weighted by Crippen LogP contribution is 2.38. The van der Waals surface area contributed by atoms with Crippen molar-refractivity contribution >= 4 is 10.0 Å². The summed E-state index contributed by atoms with van der Waals surface area (Å²) in [7, 11) is -0.880. The van der Waals surface area contributed by atoms with Crippen molar-refractivity contribution in [3.63, 3.8) is 0 Å². The summed E-state index contributed by atoms with van der Waals surface area (Å²) < 4.78 is 39.0. The summed E-state index contributed by atoms with van der Waals surface area (Å²) in [6, 6.07) is 7.61. The van der Waals surface area contributed by atoms with Crippen LogP contribution in [0.1, 0.15) is 24.5 Å². The Labute approximate surface area is 151 Å². The Bertz CT molecular complexity index is 929. The minimum absolute atomic E-state index is 0.0285. The minimum atomic E-state index is -3.78. The number of hydrogen-bond donors (Lipinski definition) is 1. The second-order valence-corrected chi connectivity index (χ2v) is 7.81. The molecule has 1 aromatic heterocycles. The molecule has 1 N–H and O–H groups in total. The fraction of sp³-hybridized carbons (Fsp3) is 0.412. The molecule has 1 aromatic carbocycles. The predicted octanol–water partition coefficient (Wildman–Crippen LogP) is 1.12. The molecule has 0 amide bonds. The lowest BCUT2D eigenvalue weighted by molar-refractivity contribution is 0.392. The van der Waals surface area contributed by atoms with Crippen molar-refractivity contribution in [2.75, 3.05) is 20.8 Å². The maximum Gasteiger partial charge on any atom is 0.266 e. The number of methoxy groups -OCH3 is 2. The smallest absolute Gasteiger partial charge is 0.266 e. The maximum atomic E-state index is 12.5. The average Bonchev–Trinajstić information content (AvgIpc) is 3.47. The van der Waals surface area contributed by atoms with Crippen LogP contribution in [0.25, 0.3) is 0 Å². The predicted molar refractivity (Wildman–Crippen MR) is 95.2 cm³/mol. The van der Waals surface area contributed by atoms with Crippen LogP contribution in [0, 0.1) is 0 Å². The first kappa shape index (κ1) is 18.4. The molecule has 0 spiro atoms. The third kappa shape index (κ3) is 4.23. The highest BCUT2D eigenvalue weighted by Gasteiger charge is 2.25. The summed E-state index contributed by atoms with van der Waals surface area (Å²) in [6.07, 6.45) is 2.16. The molecular weight excluding hydrogens is 358 g/mol. The number of benzene rings is 1. The van der Waals surface area contributed by atoms with E-state index in [0.717, 1.165) is 18.5 Å². The van der Waals surface area contributed by atoms with Crippen LogP contribution in [-0.4, -0.2) is 39.0 Å². The normalized spacial score (nSPS) is 14.2. The van der Waals surface area contributed by atoms with Gasteiger partial charge in [0.25, 0.3) is 5.56 Å². The number of hydrogen-bond acceptors (Lipinski definition) is 6. The van der Waals surface area contributed by atoms with Crippen LogP contribution < -0.4 is 19.8 Å². The fourth-order valence-corrected chi connectivity index (χ4v) is 3.60. The van der Waals surface area contributed by atoms with Crippen molar-refractivity contribution in [2.24, 2.45) is 0 Å². The second-order valence-electron chi connectivity index (χ2n) is 6.04. The largest absolute Gasteiger partial charge is 0.497 e. The standard InChI is InChI=1S/C17H21N3O5S/c1-24-13-9-14(25-2)11-15(10-13)26(22,23)18-7-8-20-17(21)6-5-16(19-20)12-3-4-12/h5-6,9-12,18H,3-4,7-8H2,1-2H3. The van der Waals surface area contributed by atoms with Gasteiger partial charge >= 0.3 is 0 Å². The maximum absolute atomic E-state index is 12.5. The van der Waals surface area contributed by atoms with Crippen LogP contribution in [0.4, 0.5) is 0 Å². The van der Waals surface area contributed by atoms with E-state index in [1.165, 1.54) is 37.1 Å². The van der Waals surface area contributed by atoms with Crippen molar-refractivity contribution in [1.82, 2.24) is 14.5 Å². The van der Waals surface area contributed by atoms with Crippen molar-refractivity contribution in [2.45, 2.75) is 30.2 Å². The van der Waals surface area contributed by atoms with Gasteiger partial charge in [-0.15, -0.1) is 0 Å². The lowest BCUT2D eigenvalue weighted by Gasteiger charge is -2.11. The molecule has 1 fully saturated rings. The van der Waals surface area contributed by atoms with E-state index in [1.54, 1.807) is 12.1 Å². The molecule has 8 nitrogen and oxygen atoms in total. The molecule has 1 aliphatic carbocycles. The van der Waals surface area contributed by atoms with Crippen molar-refractivity contribution < 1.29 is 17.9 Å². The topological polar surface area (TPSA) is 99.5 Å². The molecule has 1 heterocycles. The lowest BCUT2D eigenvalue weighted by Crippen LogP contribution is -2.32. The van der Waals surface area contributed by atoms with Gasteiger partial charge in [0.05, 0.1) is 31.4 Å². The Hall–Kier alpha value is -2.39. The molecule has 0 bridgehead atoms. The first-order chi connectivity index (χ1) is 12.4. The quantitative estimate of drug-likeness (QED) is 0.738. The highest BCUT2D eigenvalue weighted by atomic mass is 32.2. The van der Waals surface area contributed by atoms with Crippen molar-refractivity contribution in [3.8, 4) is 11.5 Å². The van der Waals surface area contributed by atoms with Crippen LogP contribution in [0.15, 0.2) is 40.0 Å². The minimum Gasteiger partial charge on any atom is -0.497 e. The number of nitrogens with one attached hydrogen (secondary N) is 1. The van der Waals surface area contributed by atoms with E-state index in [0.29, 0.717) is 17.4 Å². The molecule has 0 radical (unpaired) electrons. The van der Waals surface area contributed by atoms with Crippen LogP contribution in [-0.2, 0) is 16.6 Å². The molecule has 0 aliphatic heterocycles. The number of nitrogens with zero attached hydrogens (tertiary/aromatic N) is 2. The molecule has 0 unspecified atom stereocenters. The number of ether oxygens (including phenoxy) is 2. The third-order valence-corrected chi connectivity index (χ3v) is 5.57. The molecule has 1 saturated carbocycles. The molecule has 140 valence electrons. The molecular formula is C17H21N3O5S. The van der Waals surface area contributed by atoms with Gasteiger partial charge in [0.1, 0.15) is 11.5 Å². The van der Waals surface area contributed by atoms with Gasteiger partial charge in [-0.25, -0.2) is 17.8 Å². The van der Waals surface area contributed by atoms with Crippen molar-refractivity contribution in [3.05, 3.63) is 46.4 Å². The van der Waals surface area contributed by atoms with Gasteiger partial charge in [0, 0.05) is 36.7 Å². The molecule has 3 rings (SSSR count). The molecule has 0 saturated heterocycles. The van der Waals surface area contributed by atoms with E-state index in [9.17, 15) is 13.2 Å². The average molecular weight is 379 g/mol. The summed E-state index contributed by atoms with van der Waals surface area (Å²) in [6.45, 7) is 0.197. The van der Waals surface area contributed by atoms with Gasteiger partial charge in [0.2, 0.25) is 10.0 Å². The summed E-state index contributed by atoms with van der Waals surface area (Å²) in [4.78, 5) is 11.9.